The molecule has 1 aliphatic rings. The highest BCUT2D eigenvalue weighted by Crippen LogP contribution is 2.19. The molecule has 1 N–H and O–H groups in total. The molecule has 3 rings (SSSR count). The zero-order chi connectivity index (χ0) is 14.8. The fraction of sp³-hybridized carbons (Fsp3) is 0.500. The van der Waals surface area contributed by atoms with Crippen LogP contribution in [0, 0.1) is 0 Å². The number of imidazole rings is 1. The highest BCUT2D eigenvalue weighted by molar-refractivity contribution is 7.15. The lowest BCUT2D eigenvalue weighted by atomic mass is 10.1. The second kappa shape index (κ2) is 5.85. The highest BCUT2D eigenvalue weighted by Gasteiger charge is 2.30. The van der Waals surface area contributed by atoms with Crippen molar-refractivity contribution < 1.29 is 14.7 Å². The molecule has 0 spiro atoms. The largest absolute Gasteiger partial charge is 0.480 e. The number of carbonyl (C=O) groups is 2. The first-order chi connectivity index (χ1) is 10.1. The molecule has 21 heavy (non-hydrogen) atoms. The van der Waals surface area contributed by atoms with Gasteiger partial charge in [-0.3, -0.25) is 9.20 Å². The molecule has 2 aromatic heterocycles. The molecule has 2 aromatic rings. The Hall–Kier alpha value is -1.89. The Bertz CT molecular complexity index is 635. The molecule has 0 aromatic carbocycles. The average Bonchev–Trinajstić information content (AvgIpc) is 2.90. The van der Waals surface area contributed by atoms with E-state index in [0.29, 0.717) is 18.7 Å². The van der Waals surface area contributed by atoms with E-state index in [0.717, 1.165) is 24.2 Å². The summed E-state index contributed by atoms with van der Waals surface area (Å²) in [7, 11) is 0. The molecular weight excluding hydrogens is 290 g/mol. The lowest BCUT2D eigenvalue weighted by Gasteiger charge is -2.26. The predicted molar refractivity (Wildman–Crippen MR) is 78.4 cm³/mol. The Labute approximate surface area is 126 Å². The molecule has 1 saturated heterocycles. The maximum absolute atomic E-state index is 12.5. The Kier molecular flexibility index (Phi) is 3.92. The molecule has 3 heterocycles. The van der Waals surface area contributed by atoms with Gasteiger partial charge >= 0.3 is 5.97 Å². The molecule has 0 radical (unpaired) electrons. The van der Waals surface area contributed by atoms with Crippen LogP contribution in [0.2, 0.25) is 0 Å². The molecule has 112 valence electrons. The third-order valence-electron chi connectivity index (χ3n) is 3.83. The summed E-state index contributed by atoms with van der Waals surface area (Å²) >= 11 is 1.51. The zero-order valence-corrected chi connectivity index (χ0v) is 12.4. The van der Waals surface area contributed by atoms with Crippen LogP contribution in [0.1, 0.15) is 31.4 Å². The molecule has 6 nitrogen and oxygen atoms in total. The SMILES string of the molecule is O=C(O)C1CCCCCN1C(=O)Cc1cn2ccsc2n1. The number of carbonyl (C=O) groups excluding carboxylic acids is 1. The van der Waals surface area contributed by atoms with Crippen molar-refractivity contribution in [3.63, 3.8) is 0 Å². The van der Waals surface area contributed by atoms with Crippen molar-refractivity contribution >= 4 is 28.2 Å². The van der Waals surface area contributed by atoms with E-state index >= 15 is 0 Å². The number of likely N-dealkylation sites (tertiary alicyclic amines) is 1. The predicted octanol–water partition coefficient (Wildman–Crippen LogP) is 1.79. The lowest BCUT2D eigenvalue weighted by Crippen LogP contribution is -2.45. The molecule has 0 saturated carbocycles. The van der Waals surface area contributed by atoms with E-state index in [9.17, 15) is 14.7 Å². The van der Waals surface area contributed by atoms with Gasteiger partial charge in [0.2, 0.25) is 5.91 Å². The normalized spacial score (nSPS) is 19.6. The van der Waals surface area contributed by atoms with Crippen molar-refractivity contribution in [3.8, 4) is 0 Å². The second-order valence-electron chi connectivity index (χ2n) is 5.29. The molecule has 1 atom stereocenters. The Morgan fingerprint density at radius 1 is 1.38 bits per heavy atom. The number of hydrogen-bond donors (Lipinski definition) is 1. The van der Waals surface area contributed by atoms with E-state index in [4.69, 9.17) is 0 Å². The van der Waals surface area contributed by atoms with Gasteiger partial charge in [0.25, 0.3) is 0 Å². The van der Waals surface area contributed by atoms with Crippen LogP contribution in [0.4, 0.5) is 0 Å². The first-order valence-corrected chi connectivity index (χ1v) is 7.96. The summed E-state index contributed by atoms with van der Waals surface area (Å²) in [5.74, 6) is -1.05. The van der Waals surface area contributed by atoms with Crippen LogP contribution < -0.4 is 0 Å². The van der Waals surface area contributed by atoms with Crippen LogP contribution in [-0.2, 0) is 16.0 Å². The smallest absolute Gasteiger partial charge is 0.326 e. The van der Waals surface area contributed by atoms with E-state index in [1.165, 1.54) is 16.2 Å². The third-order valence-corrected chi connectivity index (χ3v) is 4.60. The van der Waals surface area contributed by atoms with Gasteiger partial charge in [-0.25, -0.2) is 9.78 Å². The topological polar surface area (TPSA) is 74.9 Å². The van der Waals surface area contributed by atoms with Gasteiger partial charge in [-0.15, -0.1) is 11.3 Å². The van der Waals surface area contributed by atoms with Crippen molar-refractivity contribution in [3.05, 3.63) is 23.5 Å². The van der Waals surface area contributed by atoms with Crippen LogP contribution in [0.25, 0.3) is 4.96 Å². The van der Waals surface area contributed by atoms with Gasteiger partial charge < -0.3 is 10.0 Å². The summed E-state index contributed by atoms with van der Waals surface area (Å²) in [6.07, 6.45) is 7.14. The van der Waals surface area contributed by atoms with E-state index in [1.807, 2.05) is 22.2 Å². The number of carboxylic acids is 1. The summed E-state index contributed by atoms with van der Waals surface area (Å²) in [6.45, 7) is 0.526. The molecular formula is C14H17N3O3S. The van der Waals surface area contributed by atoms with Gasteiger partial charge in [0.1, 0.15) is 6.04 Å². The summed E-state index contributed by atoms with van der Waals surface area (Å²) in [5, 5.41) is 11.3. The summed E-state index contributed by atoms with van der Waals surface area (Å²) in [5.41, 5.74) is 0.695. The molecule has 0 aliphatic carbocycles. The monoisotopic (exact) mass is 307 g/mol. The molecule has 0 bridgehead atoms. The summed E-state index contributed by atoms with van der Waals surface area (Å²) < 4.78 is 1.88. The Balaban J connectivity index is 1.75. The van der Waals surface area contributed by atoms with Crippen LogP contribution in [0.3, 0.4) is 0 Å². The zero-order valence-electron chi connectivity index (χ0n) is 11.6. The van der Waals surface area contributed by atoms with Crippen molar-refractivity contribution in [2.24, 2.45) is 0 Å². The number of aliphatic carboxylic acids is 1. The van der Waals surface area contributed by atoms with E-state index in [1.54, 1.807) is 0 Å². The van der Waals surface area contributed by atoms with Gasteiger partial charge in [0.05, 0.1) is 12.1 Å². The maximum Gasteiger partial charge on any atom is 0.326 e. The minimum Gasteiger partial charge on any atom is -0.480 e. The highest BCUT2D eigenvalue weighted by atomic mass is 32.1. The van der Waals surface area contributed by atoms with Crippen molar-refractivity contribution in [1.29, 1.82) is 0 Å². The van der Waals surface area contributed by atoms with Gasteiger partial charge in [-0.05, 0) is 12.8 Å². The Morgan fingerprint density at radius 2 is 2.24 bits per heavy atom. The van der Waals surface area contributed by atoms with Crippen LogP contribution >= 0.6 is 11.3 Å². The first-order valence-electron chi connectivity index (χ1n) is 7.08. The lowest BCUT2D eigenvalue weighted by molar-refractivity contribution is -0.150. The maximum atomic E-state index is 12.5. The standard InChI is InChI=1S/C14H17N3O3S/c18-12(8-10-9-16-6-7-21-14(16)15-10)17-5-3-1-2-4-11(17)13(19)20/h6-7,9,11H,1-5,8H2,(H,19,20). The molecule has 1 unspecified atom stereocenters. The van der Waals surface area contributed by atoms with Crippen molar-refractivity contribution in [2.75, 3.05) is 6.54 Å². The van der Waals surface area contributed by atoms with Crippen LogP contribution in [0.5, 0.6) is 0 Å². The van der Waals surface area contributed by atoms with Crippen molar-refractivity contribution in [2.45, 2.75) is 38.1 Å². The van der Waals surface area contributed by atoms with E-state index in [2.05, 4.69) is 4.98 Å². The van der Waals surface area contributed by atoms with Gasteiger partial charge in [-0.1, -0.05) is 12.8 Å². The molecule has 1 aliphatic heterocycles. The number of hydrogen-bond acceptors (Lipinski definition) is 4. The molecule has 1 amide bonds. The van der Waals surface area contributed by atoms with Crippen LogP contribution in [-0.4, -0.2) is 43.9 Å². The number of aromatic nitrogens is 2. The number of fused-ring (bicyclic) bond motifs is 1. The second-order valence-corrected chi connectivity index (χ2v) is 6.17. The van der Waals surface area contributed by atoms with Crippen molar-refractivity contribution in [1.82, 2.24) is 14.3 Å². The van der Waals surface area contributed by atoms with Gasteiger partial charge in [-0.2, -0.15) is 0 Å². The number of thiazole rings is 1. The van der Waals surface area contributed by atoms with Crippen LogP contribution in [0.15, 0.2) is 17.8 Å². The van der Waals surface area contributed by atoms with E-state index < -0.39 is 12.0 Å². The number of carboxylic acid groups (broad SMARTS) is 1. The third kappa shape index (κ3) is 2.92. The summed E-state index contributed by atoms with van der Waals surface area (Å²) in [4.78, 5) is 30.6. The number of amides is 1. The van der Waals surface area contributed by atoms with Gasteiger partial charge in [0, 0.05) is 24.3 Å². The fourth-order valence-corrected chi connectivity index (χ4v) is 3.50. The minimum atomic E-state index is -0.906. The van der Waals surface area contributed by atoms with Gasteiger partial charge in [0.15, 0.2) is 4.96 Å². The average molecular weight is 307 g/mol. The molecule has 7 heteroatoms. The Morgan fingerprint density at radius 3 is 3.00 bits per heavy atom. The fourth-order valence-electron chi connectivity index (χ4n) is 2.78. The quantitative estimate of drug-likeness (QED) is 0.938. The minimum absolute atomic E-state index is 0.143. The number of nitrogens with zero attached hydrogens (tertiary/aromatic N) is 3. The van der Waals surface area contributed by atoms with E-state index in [-0.39, 0.29) is 12.3 Å². The number of rotatable bonds is 3. The molecule has 1 fully saturated rings. The summed E-state index contributed by atoms with van der Waals surface area (Å²) in [6, 6.07) is -0.691. The first kappa shape index (κ1) is 14.1.